The second-order valence-electron chi connectivity index (χ2n) is 5.17. The fraction of sp³-hybridized carbons (Fsp3) is 0.235. The number of hydrogen-bond donors (Lipinski definition) is 1. The molecule has 0 spiro atoms. The molecule has 3 nitrogen and oxygen atoms in total. The predicted octanol–water partition coefficient (Wildman–Crippen LogP) is 5.24. The van der Waals surface area contributed by atoms with Crippen molar-refractivity contribution in [3.05, 3.63) is 54.6 Å². The number of ether oxygens (including phenoxy) is 1. The first-order chi connectivity index (χ1) is 10.3. The van der Waals surface area contributed by atoms with Crippen LogP contribution in [0.3, 0.4) is 0 Å². The summed E-state index contributed by atoms with van der Waals surface area (Å²) in [4.78, 5) is 12.6. The Morgan fingerprint density at radius 2 is 1.77 bits per heavy atom. The Bertz CT molecular complexity index is 744. The van der Waals surface area contributed by atoms with E-state index in [1.807, 2.05) is 32.9 Å². The van der Waals surface area contributed by atoms with Crippen molar-refractivity contribution in [1.29, 1.82) is 0 Å². The Hall–Kier alpha value is -1.08. The van der Waals surface area contributed by atoms with E-state index in [1.54, 1.807) is 13.2 Å². The Morgan fingerprint density at radius 3 is 2.41 bits per heavy atom. The molecule has 0 aliphatic carbocycles. The molecule has 0 fully saturated rings. The highest BCUT2D eigenvalue weighted by atomic mass is 127. The third kappa shape index (κ3) is 3.63. The summed E-state index contributed by atoms with van der Waals surface area (Å²) in [5.41, 5.74) is 4.43. The number of halogens is 2. The van der Waals surface area contributed by atoms with Crippen molar-refractivity contribution in [2.45, 2.75) is 20.8 Å². The molecular formula is C17H17BrINO2. The van der Waals surface area contributed by atoms with Gasteiger partial charge in [-0.3, -0.25) is 4.79 Å². The quantitative estimate of drug-likeness (QED) is 0.619. The monoisotopic (exact) mass is 473 g/mol. The normalized spacial score (nSPS) is 10.5. The number of anilines is 1. The smallest absolute Gasteiger partial charge is 0.259 e. The van der Waals surface area contributed by atoms with Gasteiger partial charge in [-0.05, 0) is 84.3 Å². The van der Waals surface area contributed by atoms with Crippen LogP contribution in [0.2, 0.25) is 0 Å². The molecule has 0 heterocycles. The van der Waals surface area contributed by atoms with Gasteiger partial charge >= 0.3 is 0 Å². The van der Waals surface area contributed by atoms with Gasteiger partial charge in [-0.15, -0.1) is 0 Å². The number of carbonyl (C=O) groups is 1. The molecule has 1 N–H and O–H groups in total. The van der Waals surface area contributed by atoms with Gasteiger partial charge in [0.2, 0.25) is 0 Å². The minimum absolute atomic E-state index is 0.176. The molecule has 0 saturated carbocycles. The van der Waals surface area contributed by atoms with Gasteiger partial charge in [-0.25, -0.2) is 0 Å². The number of rotatable bonds is 3. The molecule has 116 valence electrons. The molecule has 0 bridgehead atoms. The average molecular weight is 474 g/mol. The molecule has 0 unspecified atom stereocenters. The van der Waals surface area contributed by atoms with Crippen molar-refractivity contribution in [2.75, 3.05) is 12.4 Å². The van der Waals surface area contributed by atoms with E-state index in [0.29, 0.717) is 11.3 Å². The van der Waals surface area contributed by atoms with E-state index in [4.69, 9.17) is 4.74 Å². The Morgan fingerprint density at radius 1 is 1.09 bits per heavy atom. The largest absolute Gasteiger partial charge is 0.496 e. The van der Waals surface area contributed by atoms with Crippen LogP contribution >= 0.6 is 38.5 Å². The zero-order chi connectivity index (χ0) is 16.4. The van der Waals surface area contributed by atoms with E-state index in [-0.39, 0.29) is 5.91 Å². The van der Waals surface area contributed by atoms with Gasteiger partial charge in [-0.1, -0.05) is 15.9 Å². The molecule has 0 atom stereocenters. The summed E-state index contributed by atoms with van der Waals surface area (Å²) in [7, 11) is 1.58. The fourth-order valence-electron chi connectivity index (χ4n) is 2.27. The maximum Gasteiger partial charge on any atom is 0.259 e. The van der Waals surface area contributed by atoms with Crippen molar-refractivity contribution >= 4 is 50.1 Å². The molecular weight excluding hydrogens is 457 g/mol. The molecule has 5 heteroatoms. The topological polar surface area (TPSA) is 38.3 Å². The molecule has 2 rings (SSSR count). The predicted molar refractivity (Wildman–Crippen MR) is 102 cm³/mol. The van der Waals surface area contributed by atoms with Gasteiger partial charge in [0.05, 0.1) is 12.7 Å². The molecule has 2 aromatic rings. The first-order valence-corrected chi connectivity index (χ1v) is 8.63. The number of aryl methyl sites for hydroxylation is 3. The van der Waals surface area contributed by atoms with Gasteiger partial charge in [-0.2, -0.15) is 0 Å². The van der Waals surface area contributed by atoms with Crippen molar-refractivity contribution < 1.29 is 9.53 Å². The number of methoxy groups -OCH3 is 1. The Kier molecular flexibility index (Phi) is 5.50. The first-order valence-electron chi connectivity index (χ1n) is 6.75. The van der Waals surface area contributed by atoms with Crippen LogP contribution in [0.25, 0.3) is 0 Å². The van der Waals surface area contributed by atoms with Crippen LogP contribution in [0.4, 0.5) is 5.69 Å². The minimum atomic E-state index is -0.176. The van der Waals surface area contributed by atoms with E-state index >= 15 is 0 Å². The number of amides is 1. The van der Waals surface area contributed by atoms with Gasteiger partial charge in [0.25, 0.3) is 5.91 Å². The third-order valence-electron chi connectivity index (χ3n) is 3.44. The van der Waals surface area contributed by atoms with E-state index in [9.17, 15) is 4.79 Å². The maximum atomic E-state index is 12.6. The van der Waals surface area contributed by atoms with E-state index in [2.05, 4.69) is 49.9 Å². The van der Waals surface area contributed by atoms with Crippen LogP contribution in [-0.2, 0) is 0 Å². The fourth-order valence-corrected chi connectivity index (χ4v) is 3.47. The van der Waals surface area contributed by atoms with E-state index in [0.717, 1.165) is 26.9 Å². The highest BCUT2D eigenvalue weighted by Crippen LogP contribution is 2.29. The molecule has 0 aromatic heterocycles. The zero-order valence-electron chi connectivity index (χ0n) is 12.9. The Labute approximate surface area is 152 Å². The van der Waals surface area contributed by atoms with E-state index in [1.165, 1.54) is 3.57 Å². The number of hydrogen-bond acceptors (Lipinski definition) is 2. The average Bonchev–Trinajstić information content (AvgIpc) is 2.43. The first kappa shape index (κ1) is 17.3. The van der Waals surface area contributed by atoms with Crippen molar-refractivity contribution in [1.82, 2.24) is 0 Å². The SMILES string of the molecule is COc1c(C)cc(Br)cc1C(=O)Nc1cc(C)c(I)cc1C. The van der Waals surface area contributed by atoms with Gasteiger partial charge in [0.1, 0.15) is 5.75 Å². The molecule has 1 amide bonds. The van der Waals surface area contributed by atoms with Gasteiger partial charge < -0.3 is 10.1 Å². The van der Waals surface area contributed by atoms with Crippen molar-refractivity contribution in [2.24, 2.45) is 0 Å². The third-order valence-corrected chi connectivity index (χ3v) is 5.06. The summed E-state index contributed by atoms with van der Waals surface area (Å²) in [6, 6.07) is 7.76. The number of benzene rings is 2. The highest BCUT2D eigenvalue weighted by molar-refractivity contribution is 14.1. The van der Waals surface area contributed by atoms with Gasteiger partial charge in [0.15, 0.2) is 0 Å². The summed E-state index contributed by atoms with van der Waals surface area (Å²) in [6.07, 6.45) is 0. The molecule has 22 heavy (non-hydrogen) atoms. The number of nitrogens with one attached hydrogen (secondary N) is 1. The van der Waals surface area contributed by atoms with Crippen LogP contribution in [-0.4, -0.2) is 13.0 Å². The molecule has 2 aromatic carbocycles. The van der Waals surface area contributed by atoms with Crippen LogP contribution in [0.15, 0.2) is 28.7 Å². The lowest BCUT2D eigenvalue weighted by molar-refractivity contribution is 0.102. The van der Waals surface area contributed by atoms with Crippen molar-refractivity contribution in [3.63, 3.8) is 0 Å². The lowest BCUT2D eigenvalue weighted by atomic mass is 10.1. The van der Waals surface area contributed by atoms with Crippen molar-refractivity contribution in [3.8, 4) is 5.75 Å². The lowest BCUT2D eigenvalue weighted by Gasteiger charge is -2.14. The summed E-state index contributed by atoms with van der Waals surface area (Å²) < 4.78 is 7.42. The minimum Gasteiger partial charge on any atom is -0.496 e. The molecule has 0 aliphatic rings. The van der Waals surface area contributed by atoms with Crippen LogP contribution < -0.4 is 10.1 Å². The summed E-state index contributed by atoms with van der Waals surface area (Å²) in [6.45, 7) is 5.93. The van der Waals surface area contributed by atoms with Crippen LogP contribution in [0, 0.1) is 24.3 Å². The molecule has 0 saturated heterocycles. The Balaban J connectivity index is 2.40. The van der Waals surface area contributed by atoms with Crippen LogP contribution in [0.1, 0.15) is 27.0 Å². The standard InChI is InChI=1S/C17H17BrINO2/c1-9-7-15(10(2)6-14(9)19)20-17(21)13-8-12(18)5-11(3)16(13)22-4/h5-8H,1-4H3,(H,20,21). The van der Waals surface area contributed by atoms with Crippen LogP contribution in [0.5, 0.6) is 5.75 Å². The summed E-state index contributed by atoms with van der Waals surface area (Å²) in [5, 5.41) is 2.98. The maximum absolute atomic E-state index is 12.6. The second-order valence-corrected chi connectivity index (χ2v) is 7.25. The van der Waals surface area contributed by atoms with E-state index < -0.39 is 0 Å². The molecule has 0 aliphatic heterocycles. The summed E-state index contributed by atoms with van der Waals surface area (Å²) >= 11 is 5.72. The second kappa shape index (κ2) is 7.00. The lowest BCUT2D eigenvalue weighted by Crippen LogP contribution is -2.15. The summed E-state index contributed by atoms with van der Waals surface area (Å²) in [5.74, 6) is 0.422. The number of carbonyl (C=O) groups excluding carboxylic acids is 1. The molecule has 0 radical (unpaired) electrons. The zero-order valence-corrected chi connectivity index (χ0v) is 16.6. The van der Waals surface area contributed by atoms with Gasteiger partial charge in [0, 0.05) is 13.7 Å². The highest BCUT2D eigenvalue weighted by Gasteiger charge is 2.16.